The lowest BCUT2D eigenvalue weighted by Crippen LogP contribution is -3.05. The van der Waals surface area contributed by atoms with Crippen molar-refractivity contribution in [3.63, 3.8) is 0 Å². The van der Waals surface area contributed by atoms with E-state index in [-0.39, 0.29) is 63.8 Å². The number of carbonyl (C=O) groups excluding carboxylic acids is 6. The van der Waals surface area contributed by atoms with Crippen LogP contribution in [-0.2, 0) is 57.2 Å². The van der Waals surface area contributed by atoms with Crippen molar-refractivity contribution in [1.82, 2.24) is 0 Å². The maximum Gasteiger partial charge on any atom is 0.306 e. The summed E-state index contributed by atoms with van der Waals surface area (Å²) in [6.07, 6.45) is 25.8. The fourth-order valence-corrected chi connectivity index (χ4v) is 7.86. The van der Waals surface area contributed by atoms with Crippen molar-refractivity contribution in [3.8, 4) is 0 Å². The molecule has 1 saturated heterocycles. The van der Waals surface area contributed by atoms with Gasteiger partial charge in [0.25, 0.3) is 0 Å². The molecule has 0 aliphatic carbocycles. The van der Waals surface area contributed by atoms with Crippen LogP contribution in [0.3, 0.4) is 0 Å². The van der Waals surface area contributed by atoms with E-state index in [1.807, 2.05) is 5.32 Å². The summed E-state index contributed by atoms with van der Waals surface area (Å²) in [6.45, 7) is 10.2. The number of hydrogen-bond acceptors (Lipinski definition) is 12. The third-order valence-electron chi connectivity index (χ3n) is 11.8. The number of unbranched alkanes of at least 4 members (excludes halogenated alkanes) is 20. The number of hydrogen-bond donors (Lipinski definition) is 1. The molecule has 1 heterocycles. The zero-order valence-electron chi connectivity index (χ0n) is 40.9. The zero-order valence-corrected chi connectivity index (χ0v) is 40.9. The minimum atomic E-state index is -0.590. The average Bonchev–Trinajstić information content (AvgIpc) is 3.24. The largest absolute Gasteiger partial charge is 0.466 e. The van der Waals surface area contributed by atoms with Crippen molar-refractivity contribution in [2.45, 2.75) is 239 Å². The summed E-state index contributed by atoms with van der Waals surface area (Å²) in [5.41, 5.74) is 0. The van der Waals surface area contributed by atoms with Crippen LogP contribution in [0.5, 0.6) is 0 Å². The molecular weight excluding hydrogens is 819 g/mol. The summed E-state index contributed by atoms with van der Waals surface area (Å²) in [6, 6.07) is -0.0440. The van der Waals surface area contributed by atoms with Crippen molar-refractivity contribution >= 4 is 35.8 Å². The Bertz CT molecular complexity index is 1070. The highest BCUT2D eigenvalue weighted by atomic mass is 16.6. The monoisotopic (exact) mass is 911 g/mol. The maximum absolute atomic E-state index is 13.0. The maximum atomic E-state index is 13.0. The molecular formula is C51H92NO12+. The van der Waals surface area contributed by atoms with Gasteiger partial charge in [-0.1, -0.05) is 156 Å². The molecule has 1 aliphatic heterocycles. The van der Waals surface area contributed by atoms with Crippen molar-refractivity contribution in [2.75, 3.05) is 39.6 Å². The highest BCUT2D eigenvalue weighted by Crippen LogP contribution is 2.20. The highest BCUT2D eigenvalue weighted by molar-refractivity contribution is 5.77. The van der Waals surface area contributed by atoms with Gasteiger partial charge in [-0.3, -0.25) is 28.8 Å². The van der Waals surface area contributed by atoms with Crippen LogP contribution in [0.1, 0.15) is 227 Å². The number of esters is 6. The molecule has 0 amide bonds. The second-order valence-corrected chi connectivity index (χ2v) is 18.2. The van der Waals surface area contributed by atoms with Crippen LogP contribution in [0.15, 0.2) is 0 Å². The third-order valence-corrected chi connectivity index (χ3v) is 11.8. The average molecular weight is 911 g/mol. The smallest absolute Gasteiger partial charge is 0.306 e. The first kappa shape index (κ1) is 58.8. The molecule has 1 rings (SSSR count). The van der Waals surface area contributed by atoms with Gasteiger partial charge in [-0.25, -0.2) is 0 Å². The van der Waals surface area contributed by atoms with Gasteiger partial charge in [0, 0.05) is 38.5 Å². The summed E-state index contributed by atoms with van der Waals surface area (Å²) < 4.78 is 33.0. The Morgan fingerprint density at radius 3 is 0.781 bits per heavy atom. The molecule has 0 bridgehead atoms. The molecule has 1 aliphatic rings. The van der Waals surface area contributed by atoms with Crippen LogP contribution in [0.25, 0.3) is 0 Å². The predicted molar refractivity (Wildman–Crippen MR) is 248 cm³/mol. The Morgan fingerprint density at radius 1 is 0.344 bits per heavy atom. The van der Waals surface area contributed by atoms with Gasteiger partial charge in [0.15, 0.2) is 0 Å². The topological polar surface area (TPSA) is 174 Å². The lowest BCUT2D eigenvalue weighted by Gasteiger charge is -2.32. The number of quaternary nitrogens is 1. The second-order valence-electron chi connectivity index (χ2n) is 18.2. The first-order valence-corrected chi connectivity index (χ1v) is 25.9. The number of rotatable bonds is 44. The molecule has 0 aromatic rings. The molecule has 64 heavy (non-hydrogen) atoms. The number of nitrogens with two attached hydrogens (primary N) is 1. The van der Waals surface area contributed by atoms with Crippen molar-refractivity contribution in [2.24, 2.45) is 11.8 Å². The van der Waals surface area contributed by atoms with E-state index in [0.717, 1.165) is 77.0 Å². The number of ether oxygens (including phenoxy) is 6. The van der Waals surface area contributed by atoms with Crippen LogP contribution >= 0.6 is 0 Å². The van der Waals surface area contributed by atoms with E-state index in [1.54, 1.807) is 0 Å². The van der Waals surface area contributed by atoms with Gasteiger partial charge in [0.05, 0.1) is 32.8 Å². The molecule has 372 valence electrons. The standard InChI is InChI=1S/C51H91NO12/c1-5-9-13-17-21-25-29-59-46(53)33-42(34-47(54)60-30-26-22-18-14-10-6-2)37-50(57)63-40-44-39-45(52-44)41-64-51(58)38-43(35-48(55)61-31-27-23-19-15-11-7-3)36-49(56)62-32-28-24-20-16-12-8-4/h42-45,52H,5-41H2,1-4H3/p+1/t44-,45-/m1/s1. The Hall–Kier alpha value is -3.22. The lowest BCUT2D eigenvalue weighted by molar-refractivity contribution is -0.780. The van der Waals surface area contributed by atoms with Gasteiger partial charge in [0.2, 0.25) is 0 Å². The van der Waals surface area contributed by atoms with Crippen molar-refractivity contribution in [1.29, 1.82) is 0 Å². The first-order chi connectivity index (χ1) is 31.1. The Morgan fingerprint density at radius 2 is 0.547 bits per heavy atom. The van der Waals surface area contributed by atoms with Gasteiger partial charge in [-0.2, -0.15) is 0 Å². The van der Waals surface area contributed by atoms with Gasteiger partial charge >= 0.3 is 35.8 Å². The van der Waals surface area contributed by atoms with Crippen molar-refractivity contribution < 1.29 is 62.5 Å². The summed E-state index contributed by atoms with van der Waals surface area (Å²) >= 11 is 0. The van der Waals surface area contributed by atoms with Gasteiger partial charge < -0.3 is 33.7 Å². The van der Waals surface area contributed by atoms with Crippen molar-refractivity contribution in [3.05, 3.63) is 0 Å². The first-order valence-electron chi connectivity index (χ1n) is 25.9. The van der Waals surface area contributed by atoms with E-state index >= 15 is 0 Å². The molecule has 1 fully saturated rings. The minimum absolute atomic E-state index is 0.0220. The van der Waals surface area contributed by atoms with Gasteiger partial charge in [0.1, 0.15) is 25.3 Å². The van der Waals surface area contributed by atoms with Gasteiger partial charge in [-0.15, -0.1) is 0 Å². The predicted octanol–water partition coefficient (Wildman–Crippen LogP) is 9.96. The van der Waals surface area contributed by atoms with Crippen LogP contribution in [0, 0.1) is 11.8 Å². The molecule has 0 saturated carbocycles. The second kappa shape index (κ2) is 41.2. The Kier molecular flexibility index (Phi) is 37.9. The molecule has 0 radical (unpaired) electrons. The molecule has 0 aromatic carbocycles. The van der Waals surface area contributed by atoms with Crippen LogP contribution in [-0.4, -0.2) is 87.5 Å². The fourth-order valence-electron chi connectivity index (χ4n) is 7.86. The molecule has 0 aromatic heterocycles. The Labute approximate surface area is 387 Å². The molecule has 13 nitrogen and oxygen atoms in total. The normalized spacial score (nSPS) is 14.5. The van der Waals surface area contributed by atoms with E-state index in [0.29, 0.717) is 32.8 Å². The molecule has 0 unspecified atom stereocenters. The van der Waals surface area contributed by atoms with Crippen LogP contribution in [0.2, 0.25) is 0 Å². The van der Waals surface area contributed by atoms with Crippen LogP contribution < -0.4 is 5.32 Å². The van der Waals surface area contributed by atoms with E-state index < -0.39 is 47.7 Å². The molecule has 13 heteroatoms. The molecule has 2 atom stereocenters. The Balaban J connectivity index is 2.56. The van der Waals surface area contributed by atoms with Gasteiger partial charge in [-0.05, 0) is 37.5 Å². The van der Waals surface area contributed by atoms with Crippen LogP contribution in [0.4, 0.5) is 0 Å². The fraction of sp³-hybridized carbons (Fsp3) is 0.882. The zero-order chi connectivity index (χ0) is 46.9. The lowest BCUT2D eigenvalue weighted by atomic mass is 9.96. The summed E-state index contributed by atoms with van der Waals surface area (Å²) in [7, 11) is 0. The minimum Gasteiger partial charge on any atom is -0.466 e. The van der Waals surface area contributed by atoms with E-state index in [1.165, 1.54) is 77.0 Å². The summed E-state index contributed by atoms with van der Waals surface area (Å²) in [5, 5.41) is 1.98. The van der Waals surface area contributed by atoms with E-state index in [4.69, 9.17) is 28.4 Å². The van der Waals surface area contributed by atoms with E-state index in [2.05, 4.69) is 27.7 Å². The number of carbonyl (C=O) groups is 6. The molecule has 0 spiro atoms. The highest BCUT2D eigenvalue weighted by Gasteiger charge is 2.36. The SMILES string of the molecule is CCCCCCCCOC(=O)CC(CC(=O)OCCCCCCCC)CC(=O)OC[C@H]1C[C@H](COC(=O)CC(CC(=O)OCCCCCCCC)CC(=O)OCCCCCCCC)[NH2+]1. The summed E-state index contributed by atoms with van der Waals surface area (Å²) in [4.78, 5) is 76.8. The quantitative estimate of drug-likeness (QED) is 0.0349. The summed E-state index contributed by atoms with van der Waals surface area (Å²) in [5.74, 6) is -3.91. The molecule has 2 N–H and O–H groups in total. The third kappa shape index (κ3) is 35.1. The van der Waals surface area contributed by atoms with E-state index in [9.17, 15) is 28.8 Å².